The topological polar surface area (TPSA) is 64.7 Å². The van der Waals surface area contributed by atoms with E-state index in [9.17, 15) is 4.79 Å². The summed E-state index contributed by atoms with van der Waals surface area (Å²) in [6.07, 6.45) is 4.57. The van der Waals surface area contributed by atoms with Gasteiger partial charge in [0.25, 0.3) is 0 Å². The summed E-state index contributed by atoms with van der Waals surface area (Å²) in [6, 6.07) is 0. The van der Waals surface area contributed by atoms with E-state index in [0.29, 0.717) is 12.8 Å². The number of carbonyl (C=O) groups excluding carboxylic acids is 1. The zero-order chi connectivity index (χ0) is 14.0. The number of aromatic nitrogens is 4. The zero-order valence-corrected chi connectivity index (χ0v) is 11.8. The summed E-state index contributed by atoms with van der Waals surface area (Å²) in [4.78, 5) is 11.8. The molecule has 2 aromatic heterocycles. The Labute approximate surface area is 112 Å². The first-order chi connectivity index (χ1) is 8.97. The minimum Gasteiger partial charge on any atom is -0.323 e. The number of anilines is 1. The third-order valence-corrected chi connectivity index (χ3v) is 3.25. The maximum atomic E-state index is 11.8. The van der Waals surface area contributed by atoms with Gasteiger partial charge in [-0.05, 0) is 25.8 Å². The predicted molar refractivity (Wildman–Crippen MR) is 72.8 cm³/mol. The number of nitrogens with one attached hydrogen (secondary N) is 1. The number of hydrogen-bond acceptors (Lipinski definition) is 3. The van der Waals surface area contributed by atoms with Gasteiger partial charge in [0.15, 0.2) is 0 Å². The van der Waals surface area contributed by atoms with E-state index in [4.69, 9.17) is 0 Å². The summed E-state index contributed by atoms with van der Waals surface area (Å²) in [5.41, 5.74) is 4.00. The molecular weight excluding hydrogens is 242 g/mol. The molecule has 0 fully saturated rings. The fourth-order valence-corrected chi connectivity index (χ4v) is 2.13. The summed E-state index contributed by atoms with van der Waals surface area (Å²) in [7, 11) is 3.74. The standard InChI is InChI=1S/C13H19N5O/c1-9-12(10(2)18(4)16-9)5-6-13(19)15-11-7-14-17(3)8-11/h7-8H,5-6H2,1-4H3,(H,15,19). The summed E-state index contributed by atoms with van der Waals surface area (Å²) in [5.74, 6) is -0.00402. The van der Waals surface area contributed by atoms with Crippen LogP contribution in [0, 0.1) is 13.8 Å². The van der Waals surface area contributed by atoms with E-state index in [1.54, 1.807) is 17.1 Å². The molecule has 19 heavy (non-hydrogen) atoms. The van der Waals surface area contributed by atoms with Gasteiger partial charge in [0.2, 0.25) is 5.91 Å². The van der Waals surface area contributed by atoms with Crippen LogP contribution < -0.4 is 5.32 Å². The van der Waals surface area contributed by atoms with Gasteiger partial charge in [-0.2, -0.15) is 10.2 Å². The number of rotatable bonds is 4. The Morgan fingerprint density at radius 2 is 2.11 bits per heavy atom. The average molecular weight is 261 g/mol. The summed E-state index contributed by atoms with van der Waals surface area (Å²) in [5, 5.41) is 11.2. The molecule has 2 aromatic rings. The Bertz CT molecular complexity index is 596. The molecule has 2 heterocycles. The second kappa shape index (κ2) is 5.26. The molecule has 0 bridgehead atoms. The van der Waals surface area contributed by atoms with Crippen LogP contribution in [-0.2, 0) is 25.3 Å². The van der Waals surface area contributed by atoms with Crippen LogP contribution in [0.2, 0.25) is 0 Å². The summed E-state index contributed by atoms with van der Waals surface area (Å²) >= 11 is 0. The molecule has 0 atom stereocenters. The molecule has 0 aliphatic carbocycles. The van der Waals surface area contributed by atoms with Gasteiger partial charge < -0.3 is 5.32 Å². The molecule has 0 aromatic carbocycles. The highest BCUT2D eigenvalue weighted by molar-refractivity contribution is 5.90. The first kappa shape index (κ1) is 13.3. The lowest BCUT2D eigenvalue weighted by Crippen LogP contribution is -2.12. The first-order valence-electron chi connectivity index (χ1n) is 6.25. The molecule has 2 rings (SSSR count). The fraction of sp³-hybridized carbons (Fsp3) is 0.462. The molecule has 0 aliphatic rings. The number of hydrogen-bond donors (Lipinski definition) is 1. The van der Waals surface area contributed by atoms with Gasteiger partial charge >= 0.3 is 0 Å². The maximum absolute atomic E-state index is 11.8. The van der Waals surface area contributed by atoms with Gasteiger partial charge in [0.1, 0.15) is 0 Å². The molecule has 0 unspecified atom stereocenters. The highest BCUT2D eigenvalue weighted by atomic mass is 16.1. The van der Waals surface area contributed by atoms with E-state index in [1.807, 2.05) is 32.6 Å². The summed E-state index contributed by atoms with van der Waals surface area (Å²) < 4.78 is 3.51. The molecule has 1 N–H and O–H groups in total. The molecule has 102 valence electrons. The number of nitrogens with zero attached hydrogens (tertiary/aromatic N) is 4. The van der Waals surface area contributed by atoms with Gasteiger partial charge in [0, 0.05) is 32.4 Å². The number of aryl methyl sites for hydroxylation is 3. The molecule has 6 heteroatoms. The Balaban J connectivity index is 1.93. The van der Waals surface area contributed by atoms with Crippen molar-refractivity contribution in [3.05, 3.63) is 29.3 Å². The zero-order valence-electron chi connectivity index (χ0n) is 11.8. The quantitative estimate of drug-likeness (QED) is 0.903. The molecular formula is C13H19N5O. The second-order valence-corrected chi connectivity index (χ2v) is 4.72. The van der Waals surface area contributed by atoms with Crippen molar-refractivity contribution >= 4 is 11.6 Å². The van der Waals surface area contributed by atoms with Crippen molar-refractivity contribution in [1.29, 1.82) is 0 Å². The Hall–Kier alpha value is -2.11. The van der Waals surface area contributed by atoms with Crippen LogP contribution in [0.1, 0.15) is 23.4 Å². The van der Waals surface area contributed by atoms with Crippen molar-refractivity contribution in [2.45, 2.75) is 26.7 Å². The normalized spacial score (nSPS) is 10.7. The van der Waals surface area contributed by atoms with Gasteiger partial charge in [0.05, 0.1) is 17.6 Å². The SMILES string of the molecule is Cc1nn(C)c(C)c1CCC(=O)Nc1cnn(C)c1. The van der Waals surface area contributed by atoms with E-state index < -0.39 is 0 Å². The summed E-state index contributed by atoms with van der Waals surface area (Å²) in [6.45, 7) is 4.00. The fourth-order valence-electron chi connectivity index (χ4n) is 2.13. The highest BCUT2D eigenvalue weighted by Gasteiger charge is 2.11. The molecule has 6 nitrogen and oxygen atoms in total. The molecule has 0 spiro atoms. The smallest absolute Gasteiger partial charge is 0.224 e. The van der Waals surface area contributed by atoms with Crippen LogP contribution >= 0.6 is 0 Å². The largest absolute Gasteiger partial charge is 0.323 e. The Kier molecular flexibility index (Phi) is 3.69. The number of carbonyl (C=O) groups is 1. The Morgan fingerprint density at radius 3 is 2.63 bits per heavy atom. The van der Waals surface area contributed by atoms with Crippen LogP contribution in [0.15, 0.2) is 12.4 Å². The van der Waals surface area contributed by atoms with Crippen molar-refractivity contribution in [3.63, 3.8) is 0 Å². The monoisotopic (exact) mass is 261 g/mol. The molecule has 1 amide bonds. The molecule has 0 saturated heterocycles. The van der Waals surface area contributed by atoms with Crippen molar-refractivity contribution < 1.29 is 4.79 Å². The van der Waals surface area contributed by atoms with Crippen molar-refractivity contribution in [1.82, 2.24) is 19.6 Å². The molecule has 0 saturated carbocycles. The third kappa shape index (κ3) is 3.01. The second-order valence-electron chi connectivity index (χ2n) is 4.72. The first-order valence-corrected chi connectivity index (χ1v) is 6.25. The Morgan fingerprint density at radius 1 is 1.37 bits per heavy atom. The highest BCUT2D eigenvalue weighted by Crippen LogP contribution is 2.14. The molecule has 0 aliphatic heterocycles. The van der Waals surface area contributed by atoms with Gasteiger partial charge in [-0.25, -0.2) is 0 Å². The van der Waals surface area contributed by atoms with Crippen LogP contribution in [0.5, 0.6) is 0 Å². The van der Waals surface area contributed by atoms with E-state index in [2.05, 4.69) is 15.5 Å². The van der Waals surface area contributed by atoms with Crippen LogP contribution in [0.25, 0.3) is 0 Å². The van der Waals surface area contributed by atoms with Crippen LogP contribution in [-0.4, -0.2) is 25.5 Å². The lowest BCUT2D eigenvalue weighted by atomic mass is 10.1. The lowest BCUT2D eigenvalue weighted by Gasteiger charge is -2.03. The lowest BCUT2D eigenvalue weighted by molar-refractivity contribution is -0.116. The van der Waals surface area contributed by atoms with Crippen molar-refractivity contribution in [3.8, 4) is 0 Å². The van der Waals surface area contributed by atoms with E-state index in [1.165, 1.54) is 0 Å². The third-order valence-electron chi connectivity index (χ3n) is 3.25. The molecule has 0 radical (unpaired) electrons. The van der Waals surface area contributed by atoms with Gasteiger partial charge in [-0.3, -0.25) is 14.2 Å². The van der Waals surface area contributed by atoms with E-state index in [-0.39, 0.29) is 5.91 Å². The van der Waals surface area contributed by atoms with E-state index in [0.717, 1.165) is 22.6 Å². The average Bonchev–Trinajstić information content (AvgIpc) is 2.83. The van der Waals surface area contributed by atoms with Gasteiger partial charge in [-0.1, -0.05) is 0 Å². The van der Waals surface area contributed by atoms with Crippen molar-refractivity contribution in [2.24, 2.45) is 14.1 Å². The van der Waals surface area contributed by atoms with Crippen molar-refractivity contribution in [2.75, 3.05) is 5.32 Å². The minimum absolute atomic E-state index is 0.00402. The van der Waals surface area contributed by atoms with Gasteiger partial charge in [-0.15, -0.1) is 0 Å². The predicted octanol–water partition coefficient (Wildman–Crippen LogP) is 1.34. The number of amides is 1. The van der Waals surface area contributed by atoms with E-state index >= 15 is 0 Å². The van der Waals surface area contributed by atoms with Crippen LogP contribution in [0.3, 0.4) is 0 Å². The minimum atomic E-state index is -0.00402. The maximum Gasteiger partial charge on any atom is 0.224 e. The van der Waals surface area contributed by atoms with Crippen LogP contribution in [0.4, 0.5) is 5.69 Å².